The summed E-state index contributed by atoms with van der Waals surface area (Å²) in [6.45, 7) is 5.12. The number of ether oxygens (including phenoxy) is 1. The van der Waals surface area contributed by atoms with E-state index in [1.54, 1.807) is 33.1 Å². The van der Waals surface area contributed by atoms with Crippen LogP contribution >= 0.6 is 0 Å². The van der Waals surface area contributed by atoms with Crippen LogP contribution in [0, 0.1) is 23.3 Å². The van der Waals surface area contributed by atoms with Gasteiger partial charge in [0.15, 0.2) is 29.1 Å². The first-order chi connectivity index (χ1) is 17.1. The van der Waals surface area contributed by atoms with Crippen LogP contribution in [-0.2, 0) is 17.6 Å². The Hall–Kier alpha value is -3.75. The van der Waals surface area contributed by atoms with Crippen LogP contribution in [0.25, 0.3) is 17.3 Å². The van der Waals surface area contributed by atoms with E-state index < -0.39 is 46.7 Å². The monoisotopic (exact) mass is 501 g/mol. The zero-order valence-corrected chi connectivity index (χ0v) is 20.8. The molecule has 2 aromatic carbocycles. The molecule has 0 saturated heterocycles. The smallest absolute Gasteiger partial charge is 0.232 e. The number of rotatable bonds is 8. The Morgan fingerprint density at radius 3 is 2.25 bits per heavy atom. The average Bonchev–Trinajstić information content (AvgIpc) is 2.87. The molecule has 3 aromatic rings. The minimum atomic E-state index is -1.96. The third-order valence-electron chi connectivity index (χ3n) is 5.55. The Kier molecular flexibility index (Phi) is 8.45. The van der Waals surface area contributed by atoms with Gasteiger partial charge in [-0.2, -0.15) is 0 Å². The van der Waals surface area contributed by atoms with Crippen molar-refractivity contribution in [2.45, 2.75) is 40.0 Å². The van der Waals surface area contributed by atoms with E-state index in [0.29, 0.717) is 35.6 Å². The topological polar surface area (TPSA) is 55.3 Å². The molecular weight excluding hydrogens is 474 g/mol. The molecule has 1 amide bonds. The number of nitrogens with zero attached hydrogens (tertiary/aromatic N) is 3. The fourth-order valence-corrected chi connectivity index (χ4v) is 3.70. The molecule has 36 heavy (non-hydrogen) atoms. The predicted molar refractivity (Wildman–Crippen MR) is 131 cm³/mol. The van der Waals surface area contributed by atoms with E-state index in [4.69, 9.17) is 4.74 Å². The van der Waals surface area contributed by atoms with E-state index in [-0.39, 0.29) is 5.82 Å². The first-order valence-corrected chi connectivity index (χ1v) is 11.4. The van der Waals surface area contributed by atoms with E-state index in [1.165, 1.54) is 24.2 Å². The van der Waals surface area contributed by atoms with Crippen LogP contribution in [0.4, 0.5) is 23.4 Å². The van der Waals surface area contributed by atoms with Crippen LogP contribution in [0.3, 0.4) is 0 Å². The second-order valence-electron chi connectivity index (χ2n) is 8.50. The van der Waals surface area contributed by atoms with Gasteiger partial charge in [-0.3, -0.25) is 9.69 Å². The summed E-state index contributed by atoms with van der Waals surface area (Å²) in [6.07, 6.45) is 3.19. The van der Waals surface area contributed by atoms with Crippen LogP contribution in [-0.4, -0.2) is 30.0 Å². The molecule has 0 saturated carbocycles. The molecule has 190 valence electrons. The highest BCUT2D eigenvalue weighted by molar-refractivity contribution is 5.94. The number of allylic oxidation sites excluding steroid dienone is 1. The summed E-state index contributed by atoms with van der Waals surface area (Å²) >= 11 is 0. The SMILES string of the molecule is CCCc1nc(-c2ccc(OC)cc2)cnc1N(C)C(=O)Cc1c(F)c(F)c(F)c(F)c1C=C(C)C. The molecular formula is C27H27F4N3O2. The maximum atomic E-state index is 14.7. The van der Waals surface area contributed by atoms with Gasteiger partial charge in [-0.1, -0.05) is 25.0 Å². The lowest BCUT2D eigenvalue weighted by Gasteiger charge is -2.20. The number of benzene rings is 2. The molecule has 0 atom stereocenters. The average molecular weight is 502 g/mol. The van der Waals surface area contributed by atoms with Gasteiger partial charge in [0.1, 0.15) is 5.75 Å². The number of halogens is 4. The van der Waals surface area contributed by atoms with Gasteiger partial charge < -0.3 is 4.74 Å². The molecule has 0 spiro atoms. The number of aromatic nitrogens is 2. The van der Waals surface area contributed by atoms with E-state index in [2.05, 4.69) is 9.97 Å². The van der Waals surface area contributed by atoms with Crippen LogP contribution in [0.2, 0.25) is 0 Å². The minimum Gasteiger partial charge on any atom is -0.497 e. The van der Waals surface area contributed by atoms with Crippen LogP contribution in [0.1, 0.15) is 44.0 Å². The van der Waals surface area contributed by atoms with Crippen LogP contribution in [0.5, 0.6) is 5.75 Å². The van der Waals surface area contributed by atoms with Gasteiger partial charge in [0.25, 0.3) is 0 Å². The van der Waals surface area contributed by atoms with Crippen molar-refractivity contribution in [2.24, 2.45) is 0 Å². The second-order valence-corrected chi connectivity index (χ2v) is 8.50. The standard InChI is InChI=1S/C27H27F4N3O2/c1-6-7-20-27(32-14-21(33-20)16-8-10-17(36-5)11-9-16)34(4)22(35)13-19-18(12-15(2)3)23(28)25(30)26(31)24(19)29/h8-12,14H,6-7,13H2,1-5H3. The molecule has 1 heterocycles. The zero-order valence-electron chi connectivity index (χ0n) is 20.8. The lowest BCUT2D eigenvalue weighted by atomic mass is 9.99. The summed E-state index contributed by atoms with van der Waals surface area (Å²) < 4.78 is 62.2. The largest absolute Gasteiger partial charge is 0.497 e. The van der Waals surface area contributed by atoms with Crippen molar-refractivity contribution in [1.82, 2.24) is 9.97 Å². The highest BCUT2D eigenvalue weighted by Gasteiger charge is 2.27. The van der Waals surface area contributed by atoms with Gasteiger partial charge in [0.05, 0.1) is 31.1 Å². The van der Waals surface area contributed by atoms with E-state index in [0.717, 1.165) is 5.56 Å². The minimum absolute atomic E-state index is 0.242. The third kappa shape index (κ3) is 5.56. The van der Waals surface area contributed by atoms with Crippen molar-refractivity contribution in [3.05, 3.63) is 76.1 Å². The van der Waals surface area contributed by atoms with Crippen molar-refractivity contribution in [2.75, 3.05) is 19.1 Å². The Morgan fingerprint density at radius 1 is 1.03 bits per heavy atom. The summed E-state index contributed by atoms with van der Waals surface area (Å²) in [6, 6.07) is 7.25. The van der Waals surface area contributed by atoms with Gasteiger partial charge in [0, 0.05) is 23.7 Å². The lowest BCUT2D eigenvalue weighted by Crippen LogP contribution is -2.31. The maximum absolute atomic E-state index is 14.7. The number of aryl methyl sites for hydroxylation is 1. The van der Waals surface area contributed by atoms with Crippen molar-refractivity contribution < 1.29 is 27.1 Å². The molecule has 1 aromatic heterocycles. The molecule has 0 radical (unpaired) electrons. The van der Waals surface area contributed by atoms with Crippen molar-refractivity contribution in [1.29, 1.82) is 0 Å². The highest BCUT2D eigenvalue weighted by Crippen LogP contribution is 2.29. The third-order valence-corrected chi connectivity index (χ3v) is 5.55. The van der Waals surface area contributed by atoms with Crippen molar-refractivity contribution in [3.8, 4) is 17.0 Å². The Bertz CT molecular complexity index is 1300. The number of methoxy groups -OCH3 is 1. The Balaban J connectivity index is 1.98. The molecule has 0 bridgehead atoms. The molecule has 0 aliphatic carbocycles. The van der Waals surface area contributed by atoms with Gasteiger partial charge in [-0.05, 0) is 44.5 Å². The molecule has 0 aliphatic heterocycles. The number of carbonyl (C=O) groups excluding carboxylic acids is 1. The first kappa shape index (κ1) is 26.8. The predicted octanol–water partition coefficient (Wildman–Crippen LogP) is 6.29. The maximum Gasteiger partial charge on any atom is 0.232 e. The molecule has 0 aliphatic rings. The highest BCUT2D eigenvalue weighted by atomic mass is 19.2. The fraction of sp³-hybridized carbons (Fsp3) is 0.296. The van der Waals surface area contributed by atoms with Gasteiger partial charge in [-0.25, -0.2) is 27.5 Å². The number of carbonyl (C=O) groups is 1. The van der Waals surface area contributed by atoms with Crippen molar-refractivity contribution in [3.63, 3.8) is 0 Å². The summed E-state index contributed by atoms with van der Waals surface area (Å²) in [5.41, 5.74) is 1.37. The van der Waals surface area contributed by atoms with Crippen LogP contribution < -0.4 is 9.64 Å². The van der Waals surface area contributed by atoms with Gasteiger partial charge in [-0.15, -0.1) is 0 Å². The fourth-order valence-electron chi connectivity index (χ4n) is 3.70. The number of anilines is 1. The van der Waals surface area contributed by atoms with E-state index in [9.17, 15) is 22.4 Å². The van der Waals surface area contributed by atoms with Gasteiger partial charge >= 0.3 is 0 Å². The number of likely N-dealkylation sites (N-methyl/N-ethyl adjacent to an activating group) is 1. The molecule has 0 fully saturated rings. The number of amides is 1. The zero-order chi connectivity index (χ0) is 26.6. The quantitative estimate of drug-likeness (QED) is 0.207. The molecule has 0 unspecified atom stereocenters. The molecule has 0 N–H and O–H groups in total. The molecule has 5 nitrogen and oxygen atoms in total. The van der Waals surface area contributed by atoms with Crippen molar-refractivity contribution >= 4 is 17.8 Å². The van der Waals surface area contributed by atoms with Crippen LogP contribution in [0.15, 0.2) is 36.0 Å². The number of hydrogen-bond donors (Lipinski definition) is 0. The second kappa shape index (κ2) is 11.3. The number of hydrogen-bond acceptors (Lipinski definition) is 4. The van der Waals surface area contributed by atoms with Gasteiger partial charge in [0.2, 0.25) is 5.91 Å². The summed E-state index contributed by atoms with van der Waals surface area (Å²) in [4.78, 5) is 23.4. The van der Waals surface area contributed by atoms with E-state index in [1.807, 2.05) is 19.1 Å². The summed E-state index contributed by atoms with van der Waals surface area (Å²) in [5, 5.41) is 0. The molecule has 9 heteroatoms. The first-order valence-electron chi connectivity index (χ1n) is 11.4. The summed E-state index contributed by atoms with van der Waals surface area (Å²) in [7, 11) is 2.99. The summed E-state index contributed by atoms with van der Waals surface area (Å²) in [5.74, 6) is -6.78. The normalized spacial score (nSPS) is 10.8. The lowest BCUT2D eigenvalue weighted by molar-refractivity contribution is -0.117. The van der Waals surface area contributed by atoms with E-state index >= 15 is 0 Å². The molecule has 3 rings (SSSR count). The Labute approximate surface area is 207 Å². The Morgan fingerprint density at radius 2 is 1.67 bits per heavy atom.